The maximum absolute atomic E-state index is 12.9. The van der Waals surface area contributed by atoms with Crippen molar-refractivity contribution in [2.45, 2.75) is 30.6 Å². The molecule has 4 rings (SSSR count). The molecule has 0 bridgehead atoms. The number of piperidine rings is 1. The number of hydrogen-bond donors (Lipinski definition) is 1. The Morgan fingerprint density at radius 1 is 1.07 bits per heavy atom. The van der Waals surface area contributed by atoms with Crippen LogP contribution in [0.2, 0.25) is 10.0 Å². The number of para-hydroxylation sites is 1. The number of fused-ring (bicyclic) bond motifs is 1. The van der Waals surface area contributed by atoms with Crippen molar-refractivity contribution < 1.29 is 8.42 Å². The molecule has 2 heterocycles. The van der Waals surface area contributed by atoms with Gasteiger partial charge in [0.05, 0.1) is 4.90 Å². The smallest absolute Gasteiger partial charge is 0.243 e. The van der Waals surface area contributed by atoms with Gasteiger partial charge in [-0.2, -0.15) is 4.31 Å². The summed E-state index contributed by atoms with van der Waals surface area (Å²) in [4.78, 5) is 3.53. The van der Waals surface area contributed by atoms with Crippen molar-refractivity contribution in [1.82, 2.24) is 9.29 Å². The Kier molecular flexibility index (Phi) is 4.97. The van der Waals surface area contributed by atoms with Gasteiger partial charge in [0.2, 0.25) is 10.0 Å². The van der Waals surface area contributed by atoms with Crippen molar-refractivity contribution in [3.8, 4) is 0 Å². The molecule has 1 N–H and O–H groups in total. The molecule has 1 fully saturated rings. The minimum absolute atomic E-state index is 0.154. The Labute approximate surface area is 169 Å². The van der Waals surface area contributed by atoms with E-state index in [9.17, 15) is 8.42 Å². The van der Waals surface area contributed by atoms with E-state index in [1.807, 2.05) is 0 Å². The molecule has 142 valence electrons. The first-order chi connectivity index (χ1) is 12.9. The fraction of sp³-hybridized carbons (Fsp3) is 0.300. The van der Waals surface area contributed by atoms with Crippen molar-refractivity contribution in [2.75, 3.05) is 13.1 Å². The van der Waals surface area contributed by atoms with Gasteiger partial charge >= 0.3 is 0 Å². The molecule has 0 spiro atoms. The monoisotopic (exact) mass is 422 g/mol. The van der Waals surface area contributed by atoms with Crippen LogP contribution in [0.4, 0.5) is 0 Å². The molecule has 4 nitrogen and oxygen atoms in total. The van der Waals surface area contributed by atoms with Crippen LogP contribution in [0.25, 0.3) is 10.9 Å². The van der Waals surface area contributed by atoms with E-state index in [1.165, 1.54) is 39.0 Å². The van der Waals surface area contributed by atoms with Crippen LogP contribution in [-0.2, 0) is 10.0 Å². The number of H-pyrrole nitrogens is 1. The molecule has 1 aliphatic heterocycles. The third kappa shape index (κ3) is 3.49. The van der Waals surface area contributed by atoms with Crippen LogP contribution in [0.5, 0.6) is 0 Å². The zero-order valence-corrected chi connectivity index (χ0v) is 17.2. The number of rotatable bonds is 3. The van der Waals surface area contributed by atoms with Gasteiger partial charge in [-0.05, 0) is 55.0 Å². The summed E-state index contributed by atoms with van der Waals surface area (Å²) in [7, 11) is -3.59. The number of hydrogen-bond acceptors (Lipinski definition) is 2. The van der Waals surface area contributed by atoms with Gasteiger partial charge < -0.3 is 4.98 Å². The molecule has 2 aromatic carbocycles. The zero-order valence-electron chi connectivity index (χ0n) is 14.9. The second-order valence-electron chi connectivity index (χ2n) is 7.02. The molecule has 1 saturated heterocycles. The third-order valence-electron chi connectivity index (χ3n) is 5.32. The van der Waals surface area contributed by atoms with E-state index in [0.29, 0.717) is 29.1 Å². The van der Waals surface area contributed by atoms with Crippen molar-refractivity contribution in [1.29, 1.82) is 0 Å². The van der Waals surface area contributed by atoms with Gasteiger partial charge in [-0.3, -0.25) is 0 Å². The molecule has 7 heteroatoms. The Balaban J connectivity index is 1.55. The minimum atomic E-state index is -3.59. The van der Waals surface area contributed by atoms with Crippen LogP contribution in [-0.4, -0.2) is 30.8 Å². The maximum atomic E-state index is 12.9. The van der Waals surface area contributed by atoms with Gasteiger partial charge in [-0.25, -0.2) is 8.42 Å². The van der Waals surface area contributed by atoms with E-state index in [2.05, 4.69) is 36.3 Å². The van der Waals surface area contributed by atoms with Gasteiger partial charge in [-0.1, -0.05) is 41.4 Å². The minimum Gasteiger partial charge on any atom is -0.361 e. The molecule has 0 unspecified atom stereocenters. The van der Waals surface area contributed by atoms with E-state index >= 15 is 0 Å². The van der Waals surface area contributed by atoms with Crippen molar-refractivity contribution in [3.63, 3.8) is 0 Å². The summed E-state index contributed by atoms with van der Waals surface area (Å²) in [5.41, 5.74) is 3.66. The highest BCUT2D eigenvalue weighted by atomic mass is 35.5. The van der Waals surface area contributed by atoms with Crippen LogP contribution >= 0.6 is 23.2 Å². The molecule has 0 aliphatic carbocycles. The molecule has 1 aromatic heterocycles. The lowest BCUT2D eigenvalue weighted by Gasteiger charge is -2.31. The molecule has 0 amide bonds. The van der Waals surface area contributed by atoms with Crippen molar-refractivity contribution in [3.05, 3.63) is 63.8 Å². The molecule has 27 heavy (non-hydrogen) atoms. The van der Waals surface area contributed by atoms with Crippen LogP contribution in [0.1, 0.15) is 29.9 Å². The maximum Gasteiger partial charge on any atom is 0.243 e. The summed E-state index contributed by atoms with van der Waals surface area (Å²) >= 11 is 12.0. The number of nitrogens with one attached hydrogen (secondary N) is 1. The molecule has 0 atom stereocenters. The van der Waals surface area contributed by atoms with Gasteiger partial charge in [0.25, 0.3) is 0 Å². The summed E-state index contributed by atoms with van der Waals surface area (Å²) in [6.45, 7) is 3.05. The van der Waals surface area contributed by atoms with Gasteiger partial charge in [0.1, 0.15) is 0 Å². The number of aromatic nitrogens is 1. The summed E-state index contributed by atoms with van der Waals surface area (Å²) < 4.78 is 27.4. The second kappa shape index (κ2) is 7.13. The van der Waals surface area contributed by atoms with Gasteiger partial charge in [-0.15, -0.1) is 0 Å². The Hall–Kier alpha value is -1.53. The first kappa shape index (κ1) is 18.8. The summed E-state index contributed by atoms with van der Waals surface area (Å²) in [6, 6.07) is 10.7. The Morgan fingerprint density at radius 3 is 2.41 bits per heavy atom. The highest BCUT2D eigenvalue weighted by Gasteiger charge is 2.31. The lowest BCUT2D eigenvalue weighted by molar-refractivity contribution is 0.320. The fourth-order valence-corrected chi connectivity index (χ4v) is 6.10. The average Bonchev–Trinajstić information content (AvgIpc) is 3.06. The van der Waals surface area contributed by atoms with Crippen molar-refractivity contribution >= 4 is 44.1 Å². The van der Waals surface area contributed by atoms with Gasteiger partial charge in [0, 0.05) is 40.2 Å². The highest BCUT2D eigenvalue weighted by molar-refractivity contribution is 7.89. The standard InChI is InChI=1S/C20H20Cl2N2O2S/c1-13-3-2-4-18-19(12-23-20(13)18)14-5-7-24(8-6-14)27(25,26)17-10-15(21)9-16(22)11-17/h2-4,9-12,14,23H,5-8H2,1H3. The number of nitrogens with zero attached hydrogens (tertiary/aromatic N) is 1. The molecule has 1 aliphatic rings. The second-order valence-corrected chi connectivity index (χ2v) is 9.84. The van der Waals surface area contributed by atoms with E-state index in [-0.39, 0.29) is 4.90 Å². The molecular formula is C20H20Cl2N2O2S. The Bertz CT molecular complexity index is 1080. The van der Waals surface area contributed by atoms with E-state index in [1.54, 1.807) is 0 Å². The largest absolute Gasteiger partial charge is 0.361 e. The highest BCUT2D eigenvalue weighted by Crippen LogP contribution is 2.36. The predicted molar refractivity (Wildman–Crippen MR) is 110 cm³/mol. The number of aryl methyl sites for hydroxylation is 1. The predicted octanol–water partition coefficient (Wildman–Crippen LogP) is 5.35. The number of aromatic amines is 1. The molecular weight excluding hydrogens is 403 g/mol. The number of halogens is 2. The quantitative estimate of drug-likeness (QED) is 0.617. The molecule has 3 aromatic rings. The van der Waals surface area contributed by atoms with Gasteiger partial charge in [0.15, 0.2) is 0 Å². The van der Waals surface area contributed by atoms with E-state index in [0.717, 1.165) is 18.4 Å². The summed E-state index contributed by atoms with van der Waals surface area (Å²) in [6.07, 6.45) is 3.64. The summed E-state index contributed by atoms with van der Waals surface area (Å²) in [5, 5.41) is 1.88. The average molecular weight is 423 g/mol. The molecule has 0 saturated carbocycles. The van der Waals surface area contributed by atoms with Crippen LogP contribution in [0, 0.1) is 6.92 Å². The SMILES string of the molecule is Cc1cccc2c(C3CCN(S(=O)(=O)c4cc(Cl)cc(Cl)c4)CC3)c[nH]c12. The number of benzene rings is 2. The van der Waals surface area contributed by atoms with Crippen LogP contribution in [0.3, 0.4) is 0 Å². The first-order valence-corrected chi connectivity index (χ1v) is 11.1. The zero-order chi connectivity index (χ0) is 19.2. The van der Waals surface area contributed by atoms with E-state index < -0.39 is 10.0 Å². The first-order valence-electron chi connectivity index (χ1n) is 8.89. The fourth-order valence-electron chi connectivity index (χ4n) is 3.90. The summed E-state index contributed by atoms with van der Waals surface area (Å²) in [5.74, 6) is 0.343. The normalized spacial score (nSPS) is 16.9. The van der Waals surface area contributed by atoms with Crippen molar-refractivity contribution in [2.24, 2.45) is 0 Å². The molecule has 0 radical (unpaired) electrons. The third-order valence-corrected chi connectivity index (χ3v) is 7.64. The lowest BCUT2D eigenvalue weighted by Crippen LogP contribution is -2.37. The van der Waals surface area contributed by atoms with Crippen LogP contribution < -0.4 is 0 Å². The van der Waals surface area contributed by atoms with Crippen LogP contribution in [0.15, 0.2) is 47.5 Å². The topological polar surface area (TPSA) is 53.2 Å². The number of sulfonamides is 1. The Morgan fingerprint density at radius 2 is 1.74 bits per heavy atom. The van der Waals surface area contributed by atoms with E-state index in [4.69, 9.17) is 23.2 Å². The lowest BCUT2D eigenvalue weighted by atomic mass is 9.90.